The lowest BCUT2D eigenvalue weighted by molar-refractivity contribution is -0.118. The molecule has 3 aromatic carbocycles. The second-order valence-electron chi connectivity index (χ2n) is 7.85. The van der Waals surface area contributed by atoms with Gasteiger partial charge >= 0.3 is 0 Å². The lowest BCUT2D eigenvalue weighted by Gasteiger charge is -2.20. The third-order valence-corrected chi connectivity index (χ3v) is 8.33. The molecule has 0 saturated heterocycles. The number of benzene rings is 3. The first-order valence-electron chi connectivity index (χ1n) is 11.0. The van der Waals surface area contributed by atoms with Gasteiger partial charge in [-0.3, -0.25) is 9.69 Å². The van der Waals surface area contributed by atoms with Crippen LogP contribution in [0.1, 0.15) is 30.9 Å². The predicted molar refractivity (Wildman–Crippen MR) is 134 cm³/mol. The maximum absolute atomic E-state index is 13.3. The van der Waals surface area contributed by atoms with Crippen LogP contribution in [0.15, 0.2) is 83.8 Å². The Labute approximate surface area is 198 Å². The van der Waals surface area contributed by atoms with Crippen molar-refractivity contribution < 1.29 is 13.2 Å². The fourth-order valence-corrected chi connectivity index (χ4v) is 5.99. The van der Waals surface area contributed by atoms with Crippen LogP contribution < -0.4 is 4.90 Å². The molecule has 4 aromatic rings. The highest BCUT2D eigenvalue weighted by Crippen LogP contribution is 2.31. The summed E-state index contributed by atoms with van der Waals surface area (Å²) in [6.45, 7) is 2.50. The Kier molecular flexibility index (Phi) is 7.20. The van der Waals surface area contributed by atoms with Gasteiger partial charge in [0.15, 0.2) is 15.0 Å². The topological polar surface area (TPSA) is 67.3 Å². The summed E-state index contributed by atoms with van der Waals surface area (Å²) in [4.78, 5) is 20.0. The van der Waals surface area contributed by atoms with Gasteiger partial charge in [-0.1, -0.05) is 72.9 Å². The van der Waals surface area contributed by atoms with Crippen molar-refractivity contribution >= 4 is 42.4 Å². The van der Waals surface area contributed by atoms with Crippen molar-refractivity contribution in [3.63, 3.8) is 0 Å². The van der Waals surface area contributed by atoms with E-state index in [2.05, 4.69) is 19.1 Å². The molecular formula is C26H26N2O3S2. The van der Waals surface area contributed by atoms with Gasteiger partial charge in [0, 0.05) is 6.42 Å². The van der Waals surface area contributed by atoms with Crippen molar-refractivity contribution in [1.82, 2.24) is 4.98 Å². The van der Waals surface area contributed by atoms with Gasteiger partial charge in [-0.25, -0.2) is 13.4 Å². The molecule has 0 saturated carbocycles. The minimum absolute atomic E-state index is 0.0678. The second kappa shape index (κ2) is 10.3. The van der Waals surface area contributed by atoms with Gasteiger partial charge in [0.25, 0.3) is 0 Å². The molecule has 0 N–H and O–H groups in total. The molecule has 0 bridgehead atoms. The molecule has 4 rings (SSSR count). The van der Waals surface area contributed by atoms with Crippen molar-refractivity contribution in [2.75, 3.05) is 10.7 Å². The molecule has 7 heteroatoms. The molecule has 0 aliphatic carbocycles. The highest BCUT2D eigenvalue weighted by Gasteiger charge is 2.22. The molecule has 5 nitrogen and oxygen atoms in total. The van der Waals surface area contributed by atoms with E-state index in [0.29, 0.717) is 11.7 Å². The van der Waals surface area contributed by atoms with Crippen LogP contribution in [0.25, 0.3) is 10.2 Å². The monoisotopic (exact) mass is 478 g/mol. The van der Waals surface area contributed by atoms with Gasteiger partial charge in [-0.15, -0.1) is 0 Å². The molecule has 0 radical (unpaired) electrons. The summed E-state index contributed by atoms with van der Waals surface area (Å²) in [6.07, 6.45) is 1.33. The molecule has 0 unspecified atom stereocenters. The van der Waals surface area contributed by atoms with Gasteiger partial charge < -0.3 is 0 Å². The van der Waals surface area contributed by atoms with Crippen LogP contribution >= 0.6 is 11.3 Å². The van der Waals surface area contributed by atoms with Crippen LogP contribution in [0.2, 0.25) is 0 Å². The summed E-state index contributed by atoms with van der Waals surface area (Å²) in [5.41, 5.74) is 3.09. The number of fused-ring (bicyclic) bond motifs is 1. The molecule has 0 aliphatic rings. The zero-order chi connectivity index (χ0) is 23.3. The number of hydrogen-bond donors (Lipinski definition) is 0. The number of carbonyl (C=O) groups is 1. The van der Waals surface area contributed by atoms with Crippen LogP contribution in [0.5, 0.6) is 0 Å². The minimum atomic E-state index is -3.42. The van der Waals surface area contributed by atoms with Crippen molar-refractivity contribution in [2.45, 2.75) is 37.6 Å². The summed E-state index contributed by atoms with van der Waals surface area (Å²) in [7, 11) is -3.42. The Morgan fingerprint density at radius 2 is 1.64 bits per heavy atom. The lowest BCUT2D eigenvalue weighted by atomic mass is 10.2. The van der Waals surface area contributed by atoms with Crippen molar-refractivity contribution in [3.05, 3.63) is 90.0 Å². The molecule has 1 heterocycles. The lowest BCUT2D eigenvalue weighted by Crippen LogP contribution is -2.30. The maximum atomic E-state index is 13.3. The highest BCUT2D eigenvalue weighted by atomic mass is 32.2. The van der Waals surface area contributed by atoms with Crippen molar-refractivity contribution in [3.8, 4) is 0 Å². The van der Waals surface area contributed by atoms with E-state index in [1.807, 2.05) is 36.4 Å². The number of rotatable bonds is 9. The number of sulfone groups is 1. The van der Waals surface area contributed by atoms with Gasteiger partial charge in [0.05, 0.1) is 27.4 Å². The first-order chi connectivity index (χ1) is 16.0. The third kappa shape index (κ3) is 5.67. The Morgan fingerprint density at radius 1 is 0.939 bits per heavy atom. The van der Waals surface area contributed by atoms with E-state index in [0.717, 1.165) is 22.2 Å². The summed E-state index contributed by atoms with van der Waals surface area (Å²) in [6, 6.07) is 24.3. The van der Waals surface area contributed by atoms with E-state index < -0.39 is 9.84 Å². The summed E-state index contributed by atoms with van der Waals surface area (Å²) >= 11 is 1.49. The Hall–Kier alpha value is -3.03. The third-order valence-electron chi connectivity index (χ3n) is 5.47. The van der Waals surface area contributed by atoms with E-state index in [4.69, 9.17) is 4.98 Å². The maximum Gasteiger partial charge on any atom is 0.229 e. The summed E-state index contributed by atoms with van der Waals surface area (Å²) in [5.74, 6) is -0.196. The molecule has 1 aromatic heterocycles. The number of anilines is 1. The van der Waals surface area contributed by atoms with E-state index in [-0.39, 0.29) is 29.4 Å². The standard InChI is InChI=1S/C26H26N2O3S2/c1-2-20-15-16-23-24(18-20)32-26(27-23)28(19-21-10-5-3-6-11-21)25(29)14-9-17-33(30,31)22-12-7-4-8-13-22/h3-8,10-13,15-16,18H,2,9,14,17,19H2,1H3. The minimum Gasteiger partial charge on any atom is -0.284 e. The van der Waals surface area contributed by atoms with Gasteiger partial charge in [0.2, 0.25) is 5.91 Å². The summed E-state index contributed by atoms with van der Waals surface area (Å²) in [5, 5.41) is 0.637. The van der Waals surface area contributed by atoms with Gasteiger partial charge in [-0.05, 0) is 48.2 Å². The van der Waals surface area contributed by atoms with E-state index >= 15 is 0 Å². The van der Waals surface area contributed by atoms with Gasteiger partial charge in [0.1, 0.15) is 0 Å². The Balaban J connectivity index is 1.54. The number of amides is 1. The van der Waals surface area contributed by atoms with E-state index in [9.17, 15) is 13.2 Å². The number of aryl methyl sites for hydroxylation is 1. The molecule has 1 amide bonds. The zero-order valence-corrected chi connectivity index (χ0v) is 20.1. The molecule has 0 atom stereocenters. The first kappa shape index (κ1) is 23.1. The number of thiazole rings is 1. The van der Waals surface area contributed by atoms with Crippen LogP contribution in [0.3, 0.4) is 0 Å². The fraction of sp³-hybridized carbons (Fsp3) is 0.231. The second-order valence-corrected chi connectivity index (χ2v) is 11.0. The van der Waals surface area contributed by atoms with Crippen molar-refractivity contribution in [1.29, 1.82) is 0 Å². The number of hydrogen-bond acceptors (Lipinski definition) is 5. The Bertz CT molecular complexity index is 1330. The molecule has 0 spiro atoms. The average molecular weight is 479 g/mol. The van der Waals surface area contributed by atoms with Crippen LogP contribution in [-0.2, 0) is 27.6 Å². The zero-order valence-electron chi connectivity index (χ0n) is 18.5. The number of nitrogens with zero attached hydrogens (tertiary/aromatic N) is 2. The van der Waals surface area contributed by atoms with E-state index in [1.54, 1.807) is 35.2 Å². The van der Waals surface area contributed by atoms with Crippen molar-refractivity contribution in [2.24, 2.45) is 0 Å². The molecule has 33 heavy (non-hydrogen) atoms. The Morgan fingerprint density at radius 3 is 2.33 bits per heavy atom. The average Bonchev–Trinajstić information content (AvgIpc) is 3.26. The normalized spacial score (nSPS) is 11.5. The fourth-order valence-electron chi connectivity index (χ4n) is 3.61. The van der Waals surface area contributed by atoms with Crippen LogP contribution in [0, 0.1) is 0 Å². The van der Waals surface area contributed by atoms with Crippen LogP contribution in [-0.4, -0.2) is 25.1 Å². The quantitative estimate of drug-likeness (QED) is 0.312. The molecule has 170 valence electrons. The largest absolute Gasteiger partial charge is 0.284 e. The van der Waals surface area contributed by atoms with Crippen LogP contribution in [0.4, 0.5) is 5.13 Å². The number of aromatic nitrogens is 1. The first-order valence-corrected chi connectivity index (χ1v) is 13.4. The number of carbonyl (C=O) groups excluding carboxylic acids is 1. The molecule has 0 aliphatic heterocycles. The summed E-state index contributed by atoms with van der Waals surface area (Å²) < 4.78 is 26.2. The molecule has 0 fully saturated rings. The molecular weight excluding hydrogens is 452 g/mol. The van der Waals surface area contributed by atoms with E-state index in [1.165, 1.54) is 16.9 Å². The SMILES string of the molecule is CCc1ccc2nc(N(Cc3ccccc3)C(=O)CCCS(=O)(=O)c3ccccc3)sc2c1. The highest BCUT2D eigenvalue weighted by molar-refractivity contribution is 7.91. The smallest absolute Gasteiger partial charge is 0.229 e. The van der Waals surface area contributed by atoms with Gasteiger partial charge in [-0.2, -0.15) is 0 Å². The predicted octanol–water partition coefficient (Wildman–Crippen LogP) is 5.65.